The van der Waals surface area contributed by atoms with Crippen LogP contribution in [-0.4, -0.2) is 25.3 Å². The topological polar surface area (TPSA) is 21.3 Å². The highest BCUT2D eigenvalue weighted by molar-refractivity contribution is 6.31. The van der Waals surface area contributed by atoms with Crippen LogP contribution in [0.15, 0.2) is 24.3 Å². The molecule has 1 N–H and O–H groups in total. The highest BCUT2D eigenvalue weighted by atomic mass is 35.5. The third-order valence-electron chi connectivity index (χ3n) is 3.94. The second-order valence-corrected chi connectivity index (χ2v) is 5.87. The molecular weight excluding hydrogens is 246 g/mol. The van der Waals surface area contributed by atoms with Gasteiger partial charge in [-0.25, -0.2) is 0 Å². The predicted molar refractivity (Wildman–Crippen MR) is 74.0 cm³/mol. The summed E-state index contributed by atoms with van der Waals surface area (Å²) in [4.78, 5) is 0. The van der Waals surface area contributed by atoms with Gasteiger partial charge in [0.1, 0.15) is 0 Å². The summed E-state index contributed by atoms with van der Waals surface area (Å²) in [6.45, 7) is 1.75. The molecule has 2 fully saturated rings. The van der Waals surface area contributed by atoms with E-state index in [9.17, 15) is 0 Å². The molecule has 1 saturated carbocycles. The zero-order valence-corrected chi connectivity index (χ0v) is 11.3. The van der Waals surface area contributed by atoms with Gasteiger partial charge in [-0.15, -0.1) is 0 Å². The fourth-order valence-electron chi connectivity index (χ4n) is 2.72. The number of rotatable bonds is 4. The zero-order valence-electron chi connectivity index (χ0n) is 10.6. The van der Waals surface area contributed by atoms with Gasteiger partial charge in [0.25, 0.3) is 0 Å². The average Bonchev–Trinajstić information content (AvgIpc) is 3.18. The molecule has 1 aliphatic carbocycles. The van der Waals surface area contributed by atoms with E-state index < -0.39 is 0 Å². The summed E-state index contributed by atoms with van der Waals surface area (Å²) in [6, 6.07) is 9.52. The molecule has 2 aliphatic rings. The van der Waals surface area contributed by atoms with Gasteiger partial charge >= 0.3 is 0 Å². The molecule has 0 bridgehead atoms. The number of benzene rings is 1. The normalized spacial score (nSPS) is 28.3. The van der Waals surface area contributed by atoms with Crippen molar-refractivity contribution in [1.29, 1.82) is 0 Å². The van der Waals surface area contributed by atoms with Gasteiger partial charge in [-0.1, -0.05) is 29.8 Å². The minimum Gasteiger partial charge on any atom is -0.381 e. The summed E-state index contributed by atoms with van der Waals surface area (Å²) < 4.78 is 5.64. The Morgan fingerprint density at radius 3 is 2.83 bits per heavy atom. The summed E-state index contributed by atoms with van der Waals surface area (Å²) in [7, 11) is 0. The fourth-order valence-corrected chi connectivity index (χ4v) is 2.93. The first-order valence-electron chi connectivity index (χ1n) is 6.90. The van der Waals surface area contributed by atoms with Crippen LogP contribution in [0.3, 0.4) is 0 Å². The monoisotopic (exact) mass is 265 g/mol. The molecular formula is C15H20ClNO. The van der Waals surface area contributed by atoms with Crippen LogP contribution < -0.4 is 5.32 Å². The lowest BCUT2D eigenvalue weighted by molar-refractivity contribution is 0.0316. The molecule has 0 radical (unpaired) electrons. The van der Waals surface area contributed by atoms with Crippen molar-refractivity contribution < 1.29 is 4.74 Å². The van der Waals surface area contributed by atoms with E-state index in [4.69, 9.17) is 16.3 Å². The van der Waals surface area contributed by atoms with Crippen molar-refractivity contribution in [2.75, 3.05) is 13.2 Å². The average molecular weight is 266 g/mol. The van der Waals surface area contributed by atoms with Gasteiger partial charge in [0.2, 0.25) is 0 Å². The SMILES string of the molecule is Clc1ccccc1C[C@@H]1COCC[C@@H]1NC1CC1. The Morgan fingerprint density at radius 1 is 1.22 bits per heavy atom. The minimum atomic E-state index is 0.555. The fraction of sp³-hybridized carbons (Fsp3) is 0.600. The Bertz CT molecular complexity index is 405. The van der Waals surface area contributed by atoms with E-state index in [0.717, 1.165) is 37.1 Å². The Morgan fingerprint density at radius 2 is 2.06 bits per heavy atom. The molecule has 98 valence electrons. The van der Waals surface area contributed by atoms with Crippen LogP contribution in [0.4, 0.5) is 0 Å². The van der Waals surface area contributed by atoms with Crippen molar-refractivity contribution in [3.8, 4) is 0 Å². The van der Waals surface area contributed by atoms with E-state index in [-0.39, 0.29) is 0 Å². The van der Waals surface area contributed by atoms with E-state index in [1.54, 1.807) is 0 Å². The van der Waals surface area contributed by atoms with Crippen LogP contribution in [0, 0.1) is 5.92 Å². The van der Waals surface area contributed by atoms with Gasteiger partial charge in [-0.05, 0) is 37.3 Å². The van der Waals surface area contributed by atoms with Gasteiger partial charge in [0.05, 0.1) is 6.61 Å². The Hall–Kier alpha value is -0.570. The first-order valence-corrected chi connectivity index (χ1v) is 7.28. The predicted octanol–water partition coefficient (Wildman–Crippen LogP) is 3.04. The summed E-state index contributed by atoms with van der Waals surface area (Å²) in [5.41, 5.74) is 1.25. The standard InChI is InChI=1S/C15H20ClNO/c16-14-4-2-1-3-11(14)9-12-10-18-8-7-15(12)17-13-5-6-13/h1-4,12-13,15,17H,5-10H2/t12-,15+/m1/s1. The number of hydrogen-bond acceptors (Lipinski definition) is 2. The molecule has 18 heavy (non-hydrogen) atoms. The molecule has 3 heteroatoms. The van der Waals surface area contributed by atoms with Crippen LogP contribution in [-0.2, 0) is 11.2 Å². The van der Waals surface area contributed by atoms with Crippen molar-refractivity contribution in [3.05, 3.63) is 34.9 Å². The summed E-state index contributed by atoms with van der Waals surface area (Å²) in [5, 5.41) is 4.64. The Kier molecular flexibility index (Phi) is 3.88. The van der Waals surface area contributed by atoms with E-state index in [1.807, 2.05) is 12.1 Å². The maximum Gasteiger partial charge on any atom is 0.0512 e. The molecule has 2 atom stereocenters. The van der Waals surface area contributed by atoms with Crippen molar-refractivity contribution in [2.24, 2.45) is 5.92 Å². The van der Waals surface area contributed by atoms with Crippen LogP contribution >= 0.6 is 11.6 Å². The molecule has 1 aromatic carbocycles. The van der Waals surface area contributed by atoms with Crippen LogP contribution in [0.2, 0.25) is 5.02 Å². The lowest BCUT2D eigenvalue weighted by Crippen LogP contribution is -2.44. The molecule has 1 saturated heterocycles. The van der Waals surface area contributed by atoms with Crippen LogP contribution in [0.5, 0.6) is 0 Å². The molecule has 1 aliphatic heterocycles. The number of ether oxygens (including phenoxy) is 1. The van der Waals surface area contributed by atoms with E-state index in [1.165, 1.54) is 18.4 Å². The highest BCUT2D eigenvalue weighted by Gasteiger charge is 2.31. The molecule has 0 unspecified atom stereocenters. The van der Waals surface area contributed by atoms with E-state index in [0.29, 0.717) is 12.0 Å². The first kappa shape index (κ1) is 12.5. The quantitative estimate of drug-likeness (QED) is 0.904. The number of nitrogens with one attached hydrogen (secondary N) is 1. The Labute approximate surface area is 114 Å². The lowest BCUT2D eigenvalue weighted by Gasteiger charge is -2.32. The van der Waals surface area contributed by atoms with Gasteiger partial charge in [-0.2, -0.15) is 0 Å². The van der Waals surface area contributed by atoms with Gasteiger partial charge < -0.3 is 10.1 Å². The third-order valence-corrected chi connectivity index (χ3v) is 4.31. The van der Waals surface area contributed by atoms with E-state index >= 15 is 0 Å². The molecule has 1 aromatic rings. The second-order valence-electron chi connectivity index (χ2n) is 5.47. The maximum atomic E-state index is 6.25. The number of hydrogen-bond donors (Lipinski definition) is 1. The van der Waals surface area contributed by atoms with Crippen molar-refractivity contribution in [3.63, 3.8) is 0 Å². The molecule has 0 aromatic heterocycles. The highest BCUT2D eigenvalue weighted by Crippen LogP contribution is 2.27. The first-order chi connectivity index (χ1) is 8.83. The van der Waals surface area contributed by atoms with Gasteiger partial charge in [-0.3, -0.25) is 0 Å². The van der Waals surface area contributed by atoms with E-state index in [2.05, 4.69) is 17.4 Å². The number of halogens is 1. The summed E-state index contributed by atoms with van der Waals surface area (Å²) >= 11 is 6.25. The van der Waals surface area contributed by atoms with Gasteiger partial charge in [0.15, 0.2) is 0 Å². The molecule has 3 rings (SSSR count). The largest absolute Gasteiger partial charge is 0.381 e. The van der Waals surface area contributed by atoms with Crippen molar-refractivity contribution in [1.82, 2.24) is 5.32 Å². The second kappa shape index (κ2) is 5.60. The third kappa shape index (κ3) is 3.05. The summed E-state index contributed by atoms with van der Waals surface area (Å²) in [5.74, 6) is 0.555. The van der Waals surface area contributed by atoms with Crippen LogP contribution in [0.25, 0.3) is 0 Å². The minimum absolute atomic E-state index is 0.555. The molecule has 2 nitrogen and oxygen atoms in total. The molecule has 1 heterocycles. The maximum absolute atomic E-state index is 6.25. The van der Waals surface area contributed by atoms with Crippen molar-refractivity contribution in [2.45, 2.75) is 37.8 Å². The van der Waals surface area contributed by atoms with Crippen LogP contribution in [0.1, 0.15) is 24.8 Å². The molecule has 0 amide bonds. The zero-order chi connectivity index (χ0) is 12.4. The smallest absolute Gasteiger partial charge is 0.0512 e. The van der Waals surface area contributed by atoms with Gasteiger partial charge in [0, 0.05) is 29.6 Å². The summed E-state index contributed by atoms with van der Waals surface area (Å²) in [6.07, 6.45) is 4.84. The molecule has 0 spiro atoms. The Balaban J connectivity index is 1.66. The van der Waals surface area contributed by atoms with Crippen molar-refractivity contribution >= 4 is 11.6 Å². The lowest BCUT2D eigenvalue weighted by atomic mass is 9.89.